The van der Waals surface area contributed by atoms with Gasteiger partial charge in [-0.05, 0) is 35.9 Å². The molecular weight excluding hydrogens is 316 g/mol. The number of anilines is 1. The largest absolute Gasteiger partial charge is 0.315 e. The van der Waals surface area contributed by atoms with Gasteiger partial charge < -0.3 is 4.90 Å². The zero-order chi connectivity index (χ0) is 14.5. The number of rotatable bonds is 3. The zero-order valence-corrected chi connectivity index (χ0v) is 12.6. The number of carbonyl (C=O) groups excluding carboxylic acids is 1. The Morgan fingerprint density at radius 1 is 1.25 bits per heavy atom. The van der Waals surface area contributed by atoms with Gasteiger partial charge in [-0.1, -0.05) is 34.1 Å². The van der Waals surface area contributed by atoms with Crippen LogP contribution < -0.4 is 4.90 Å². The normalized spacial score (nSPS) is 9.85. The first-order valence-electron chi connectivity index (χ1n) is 6.11. The van der Waals surface area contributed by atoms with Gasteiger partial charge in [0.15, 0.2) is 0 Å². The number of hydrogen-bond acceptors (Lipinski definition) is 2. The Labute approximate surface area is 126 Å². The zero-order valence-electron chi connectivity index (χ0n) is 11.0. The average Bonchev–Trinajstić information content (AvgIpc) is 2.46. The molecule has 100 valence electrons. The van der Waals surface area contributed by atoms with Crippen LogP contribution in [0.2, 0.25) is 0 Å². The van der Waals surface area contributed by atoms with Gasteiger partial charge in [-0.2, -0.15) is 5.26 Å². The first kappa shape index (κ1) is 14.3. The van der Waals surface area contributed by atoms with Crippen LogP contribution in [-0.2, 0) is 11.2 Å². The summed E-state index contributed by atoms with van der Waals surface area (Å²) in [4.78, 5) is 13.8. The van der Waals surface area contributed by atoms with Gasteiger partial charge in [0.05, 0.1) is 18.1 Å². The van der Waals surface area contributed by atoms with E-state index in [1.165, 1.54) is 0 Å². The van der Waals surface area contributed by atoms with Crippen molar-refractivity contribution in [1.82, 2.24) is 0 Å². The number of nitrogens with zero attached hydrogens (tertiary/aromatic N) is 2. The second-order valence-corrected chi connectivity index (χ2v) is 5.34. The molecule has 1 amide bonds. The second-order valence-electron chi connectivity index (χ2n) is 4.42. The smallest absolute Gasteiger partial charge is 0.231 e. The summed E-state index contributed by atoms with van der Waals surface area (Å²) >= 11 is 3.39. The highest BCUT2D eigenvalue weighted by atomic mass is 79.9. The lowest BCUT2D eigenvalue weighted by molar-refractivity contribution is -0.117. The van der Waals surface area contributed by atoms with E-state index in [0.29, 0.717) is 12.0 Å². The van der Waals surface area contributed by atoms with Gasteiger partial charge in [0.2, 0.25) is 5.91 Å². The maximum absolute atomic E-state index is 12.3. The lowest BCUT2D eigenvalue weighted by atomic mass is 10.1. The van der Waals surface area contributed by atoms with Crippen LogP contribution in [0.1, 0.15) is 11.1 Å². The minimum Gasteiger partial charge on any atom is -0.315 e. The molecule has 2 aromatic rings. The summed E-state index contributed by atoms with van der Waals surface area (Å²) in [6, 6.07) is 16.8. The maximum Gasteiger partial charge on any atom is 0.231 e. The quantitative estimate of drug-likeness (QED) is 0.865. The minimum atomic E-state index is -0.0156. The molecule has 20 heavy (non-hydrogen) atoms. The highest BCUT2D eigenvalue weighted by Crippen LogP contribution is 2.17. The van der Waals surface area contributed by atoms with Crippen molar-refractivity contribution < 1.29 is 4.79 Å². The van der Waals surface area contributed by atoms with E-state index >= 15 is 0 Å². The molecule has 0 aromatic heterocycles. The van der Waals surface area contributed by atoms with Crippen LogP contribution in [-0.4, -0.2) is 13.0 Å². The number of halogens is 1. The standard InChI is InChI=1S/C16H13BrN2O/c1-19(15-7-3-5-13(9-15)11-18)16(20)10-12-4-2-6-14(17)8-12/h2-9H,10H2,1H3. The summed E-state index contributed by atoms with van der Waals surface area (Å²) in [6.45, 7) is 0. The number of nitriles is 1. The molecule has 0 N–H and O–H groups in total. The predicted molar refractivity (Wildman–Crippen MR) is 82.4 cm³/mol. The third-order valence-corrected chi connectivity index (χ3v) is 3.47. The molecule has 0 atom stereocenters. The molecule has 0 saturated carbocycles. The van der Waals surface area contributed by atoms with Crippen LogP contribution in [0.4, 0.5) is 5.69 Å². The molecule has 4 heteroatoms. The lowest BCUT2D eigenvalue weighted by Crippen LogP contribution is -2.27. The third kappa shape index (κ3) is 3.46. The topological polar surface area (TPSA) is 44.1 Å². The molecule has 0 heterocycles. The minimum absolute atomic E-state index is 0.0156. The fraction of sp³-hybridized carbons (Fsp3) is 0.125. The van der Waals surface area contributed by atoms with E-state index in [4.69, 9.17) is 5.26 Å². The molecule has 0 unspecified atom stereocenters. The van der Waals surface area contributed by atoms with Crippen molar-refractivity contribution in [2.75, 3.05) is 11.9 Å². The summed E-state index contributed by atoms with van der Waals surface area (Å²) in [5.41, 5.74) is 2.22. The summed E-state index contributed by atoms with van der Waals surface area (Å²) in [6.07, 6.45) is 0.326. The Bertz CT molecular complexity index is 676. The Kier molecular flexibility index (Phi) is 4.54. The lowest BCUT2D eigenvalue weighted by Gasteiger charge is -2.17. The van der Waals surface area contributed by atoms with Crippen molar-refractivity contribution in [3.05, 3.63) is 64.1 Å². The van der Waals surface area contributed by atoms with Crippen LogP contribution in [0.25, 0.3) is 0 Å². The van der Waals surface area contributed by atoms with Gasteiger partial charge in [0, 0.05) is 17.2 Å². The predicted octanol–water partition coefficient (Wildman–Crippen LogP) is 3.53. The maximum atomic E-state index is 12.3. The number of carbonyl (C=O) groups is 1. The van der Waals surface area contributed by atoms with Crippen LogP contribution >= 0.6 is 15.9 Å². The summed E-state index contributed by atoms with van der Waals surface area (Å²) < 4.78 is 0.955. The second kappa shape index (κ2) is 6.36. The molecule has 2 rings (SSSR count). The molecule has 0 spiro atoms. The number of amides is 1. The highest BCUT2D eigenvalue weighted by molar-refractivity contribution is 9.10. The van der Waals surface area contributed by atoms with E-state index in [1.807, 2.05) is 30.3 Å². The molecule has 3 nitrogen and oxygen atoms in total. The van der Waals surface area contributed by atoms with Crippen molar-refractivity contribution in [3.63, 3.8) is 0 Å². The molecular formula is C16H13BrN2O. The Morgan fingerprint density at radius 2 is 2.00 bits per heavy atom. The van der Waals surface area contributed by atoms with E-state index < -0.39 is 0 Å². The van der Waals surface area contributed by atoms with Gasteiger partial charge in [-0.15, -0.1) is 0 Å². The fourth-order valence-corrected chi connectivity index (χ4v) is 2.31. The molecule has 0 radical (unpaired) electrons. The monoisotopic (exact) mass is 328 g/mol. The molecule has 2 aromatic carbocycles. The van der Waals surface area contributed by atoms with Crippen molar-refractivity contribution in [2.45, 2.75) is 6.42 Å². The Balaban J connectivity index is 2.14. The van der Waals surface area contributed by atoms with Gasteiger partial charge in [0.1, 0.15) is 0 Å². The number of benzene rings is 2. The van der Waals surface area contributed by atoms with Gasteiger partial charge >= 0.3 is 0 Å². The summed E-state index contributed by atoms with van der Waals surface area (Å²) in [5.74, 6) is -0.0156. The van der Waals surface area contributed by atoms with Gasteiger partial charge in [-0.3, -0.25) is 4.79 Å². The first-order chi connectivity index (χ1) is 9.60. The van der Waals surface area contributed by atoms with Crippen molar-refractivity contribution in [3.8, 4) is 6.07 Å². The van der Waals surface area contributed by atoms with Gasteiger partial charge in [-0.25, -0.2) is 0 Å². The summed E-state index contributed by atoms with van der Waals surface area (Å²) in [7, 11) is 1.72. The van der Waals surface area contributed by atoms with Crippen molar-refractivity contribution in [2.24, 2.45) is 0 Å². The molecule has 0 saturated heterocycles. The van der Waals surface area contributed by atoms with E-state index in [2.05, 4.69) is 22.0 Å². The van der Waals surface area contributed by atoms with Crippen molar-refractivity contribution in [1.29, 1.82) is 5.26 Å². The molecule has 0 aliphatic carbocycles. The summed E-state index contributed by atoms with van der Waals surface area (Å²) in [5, 5.41) is 8.89. The number of hydrogen-bond donors (Lipinski definition) is 0. The molecule has 0 bridgehead atoms. The molecule has 0 aliphatic heterocycles. The third-order valence-electron chi connectivity index (χ3n) is 2.98. The van der Waals surface area contributed by atoms with Crippen LogP contribution in [0.5, 0.6) is 0 Å². The average molecular weight is 329 g/mol. The SMILES string of the molecule is CN(C(=O)Cc1cccc(Br)c1)c1cccc(C#N)c1. The first-order valence-corrected chi connectivity index (χ1v) is 6.90. The van der Waals surface area contributed by atoms with Gasteiger partial charge in [0.25, 0.3) is 0 Å². The number of likely N-dealkylation sites (N-methyl/N-ethyl adjacent to an activating group) is 1. The van der Waals surface area contributed by atoms with Crippen LogP contribution in [0, 0.1) is 11.3 Å². The fourth-order valence-electron chi connectivity index (χ4n) is 1.87. The van der Waals surface area contributed by atoms with E-state index in [9.17, 15) is 4.79 Å². The van der Waals surface area contributed by atoms with Crippen molar-refractivity contribution >= 4 is 27.5 Å². The molecule has 0 fully saturated rings. The van der Waals surface area contributed by atoms with E-state index in [0.717, 1.165) is 15.7 Å². The molecule has 0 aliphatic rings. The Hall–Kier alpha value is -2.12. The Morgan fingerprint density at radius 3 is 2.70 bits per heavy atom. The highest BCUT2D eigenvalue weighted by Gasteiger charge is 2.12. The van der Waals surface area contributed by atoms with E-state index in [-0.39, 0.29) is 5.91 Å². The van der Waals surface area contributed by atoms with Crippen LogP contribution in [0.15, 0.2) is 53.0 Å². The van der Waals surface area contributed by atoms with E-state index in [1.54, 1.807) is 30.1 Å². The van der Waals surface area contributed by atoms with Crippen LogP contribution in [0.3, 0.4) is 0 Å².